The van der Waals surface area contributed by atoms with Gasteiger partial charge in [-0.3, -0.25) is 0 Å². The van der Waals surface area contributed by atoms with Crippen LogP contribution in [-0.2, 0) is 0 Å². The van der Waals surface area contributed by atoms with Gasteiger partial charge in [0.05, 0.1) is 5.76 Å². The van der Waals surface area contributed by atoms with Crippen molar-refractivity contribution in [3.05, 3.63) is 12.3 Å². The second kappa shape index (κ2) is 10.5. The van der Waals surface area contributed by atoms with Crippen LogP contribution in [0.1, 0.15) is 39.5 Å². The van der Waals surface area contributed by atoms with E-state index < -0.39 is 0 Å². The van der Waals surface area contributed by atoms with Crippen molar-refractivity contribution >= 4 is 0 Å². The first-order valence-corrected chi connectivity index (χ1v) is 4.42. The molecule has 12 heavy (non-hydrogen) atoms. The second-order valence-electron chi connectivity index (χ2n) is 3.12. The predicted molar refractivity (Wildman–Crippen MR) is 53.2 cm³/mol. The number of hydrogen-bond donors (Lipinski definition) is 2. The van der Waals surface area contributed by atoms with Gasteiger partial charge in [-0.1, -0.05) is 39.2 Å². The summed E-state index contributed by atoms with van der Waals surface area (Å²) in [5.74, 6) is 1.21. The monoisotopic (exact) mass is 174 g/mol. The van der Waals surface area contributed by atoms with Crippen LogP contribution in [0.4, 0.5) is 0 Å². The maximum absolute atomic E-state index is 7.86. The molecule has 0 spiro atoms. The zero-order chi connectivity index (χ0) is 9.98. The maximum Gasteiger partial charge on any atom is 0.0820 e. The van der Waals surface area contributed by atoms with E-state index in [-0.39, 0.29) is 5.76 Å². The van der Waals surface area contributed by atoms with Gasteiger partial charge in [-0.25, -0.2) is 0 Å². The molecule has 0 aromatic carbocycles. The molecule has 1 aliphatic rings. The third-order valence-corrected chi connectivity index (χ3v) is 1.64. The smallest absolute Gasteiger partial charge is 0.0820 e. The van der Waals surface area contributed by atoms with E-state index in [0.29, 0.717) is 0 Å². The topological polar surface area (TPSA) is 40.5 Å². The van der Waals surface area contributed by atoms with Crippen LogP contribution in [0.2, 0.25) is 0 Å². The largest absolute Gasteiger partial charge is 0.513 e. The molecule has 0 aromatic heterocycles. The highest BCUT2D eigenvalue weighted by Gasteiger charge is 2.07. The molecule has 0 heterocycles. The zero-order valence-corrected chi connectivity index (χ0v) is 8.51. The quantitative estimate of drug-likeness (QED) is 0.554. The van der Waals surface area contributed by atoms with Crippen LogP contribution in [0, 0.1) is 5.92 Å². The number of hydrogen-bond acceptors (Lipinski definition) is 2. The van der Waals surface area contributed by atoms with E-state index in [4.69, 9.17) is 10.2 Å². The summed E-state index contributed by atoms with van der Waals surface area (Å²) < 4.78 is 0. The average molecular weight is 174 g/mol. The normalized spacial score (nSPS) is 15.3. The molecule has 0 saturated heterocycles. The van der Waals surface area contributed by atoms with Gasteiger partial charge in [0.2, 0.25) is 0 Å². The van der Waals surface area contributed by atoms with Crippen molar-refractivity contribution in [2.75, 3.05) is 7.11 Å². The molecule has 74 valence electrons. The Morgan fingerprint density at radius 2 is 1.50 bits per heavy atom. The van der Waals surface area contributed by atoms with Crippen molar-refractivity contribution in [2.24, 2.45) is 5.92 Å². The maximum atomic E-state index is 7.86. The highest BCUT2D eigenvalue weighted by Crippen LogP contribution is 2.22. The molecule has 0 aromatic rings. The third kappa shape index (κ3) is 16.2. The van der Waals surface area contributed by atoms with Crippen LogP contribution in [0.3, 0.4) is 0 Å². The molecule has 2 N–H and O–H groups in total. The number of aliphatic hydroxyl groups is 2. The van der Waals surface area contributed by atoms with Crippen LogP contribution in [-0.4, -0.2) is 17.3 Å². The average Bonchev–Trinajstić information content (AvgIpc) is 2.43. The summed E-state index contributed by atoms with van der Waals surface area (Å²) in [6.07, 6.45) is 5.95. The molecule has 1 fully saturated rings. The first kappa shape index (κ1) is 14.0. The predicted octanol–water partition coefficient (Wildman–Crippen LogP) is 2.88. The molecule has 1 saturated carbocycles. The molecule has 0 atom stereocenters. The van der Waals surface area contributed by atoms with E-state index in [9.17, 15) is 0 Å². The molecule has 1 rings (SSSR count). The number of allylic oxidation sites excluding steroid dienone is 1. The lowest BCUT2D eigenvalue weighted by atomic mass is 10.2. The van der Waals surface area contributed by atoms with Gasteiger partial charge in [0, 0.05) is 7.11 Å². The lowest BCUT2D eigenvalue weighted by molar-refractivity contribution is 0.399. The summed E-state index contributed by atoms with van der Waals surface area (Å²) in [5.41, 5.74) is 0. The van der Waals surface area contributed by atoms with E-state index in [1.54, 1.807) is 0 Å². The van der Waals surface area contributed by atoms with Gasteiger partial charge in [0.1, 0.15) is 0 Å². The van der Waals surface area contributed by atoms with Crippen LogP contribution in [0.15, 0.2) is 12.3 Å². The Morgan fingerprint density at radius 3 is 1.58 bits per heavy atom. The summed E-state index contributed by atoms with van der Waals surface area (Å²) >= 11 is 0. The minimum absolute atomic E-state index is 0.167. The first-order chi connectivity index (χ1) is 5.63. The van der Waals surface area contributed by atoms with E-state index in [0.717, 1.165) is 13.0 Å². The van der Waals surface area contributed by atoms with E-state index in [1.807, 2.05) is 0 Å². The Morgan fingerprint density at radius 1 is 1.25 bits per heavy atom. The molecule has 2 heteroatoms. The van der Waals surface area contributed by atoms with Crippen molar-refractivity contribution < 1.29 is 10.2 Å². The second-order valence-corrected chi connectivity index (χ2v) is 3.12. The lowest BCUT2D eigenvalue weighted by Crippen LogP contribution is -1.78. The van der Waals surface area contributed by atoms with Crippen LogP contribution in [0.5, 0.6) is 0 Å². The fourth-order valence-electron chi connectivity index (χ4n) is 1.13. The highest BCUT2D eigenvalue weighted by atomic mass is 16.3. The zero-order valence-electron chi connectivity index (χ0n) is 8.51. The van der Waals surface area contributed by atoms with Crippen molar-refractivity contribution in [3.63, 3.8) is 0 Å². The summed E-state index contributed by atoms with van der Waals surface area (Å²) in [5, 5.41) is 14.9. The van der Waals surface area contributed by atoms with E-state index in [1.165, 1.54) is 32.6 Å². The van der Waals surface area contributed by atoms with Crippen LogP contribution < -0.4 is 0 Å². The Labute approximate surface area is 75.9 Å². The molecular formula is C10H22O2. The Kier molecular flexibility index (Phi) is 12.3. The summed E-state index contributed by atoms with van der Waals surface area (Å²) in [6.45, 7) is 6.98. The molecule has 0 amide bonds. The van der Waals surface area contributed by atoms with Gasteiger partial charge < -0.3 is 10.2 Å². The molecular weight excluding hydrogens is 152 g/mol. The minimum atomic E-state index is 0.167. The summed E-state index contributed by atoms with van der Waals surface area (Å²) in [4.78, 5) is 0. The van der Waals surface area contributed by atoms with Gasteiger partial charge in [0.25, 0.3) is 0 Å². The van der Waals surface area contributed by atoms with Crippen LogP contribution in [0.25, 0.3) is 0 Å². The van der Waals surface area contributed by atoms with E-state index in [2.05, 4.69) is 13.5 Å². The van der Waals surface area contributed by atoms with Gasteiger partial charge in [-0.2, -0.15) is 0 Å². The third-order valence-electron chi connectivity index (χ3n) is 1.64. The highest BCUT2D eigenvalue weighted by molar-refractivity contribution is 4.67. The Bertz CT molecular complexity index is 90.0. The molecule has 0 unspecified atom stereocenters. The molecule has 0 aliphatic heterocycles. The van der Waals surface area contributed by atoms with Gasteiger partial charge in [-0.15, -0.1) is 0 Å². The van der Waals surface area contributed by atoms with Crippen molar-refractivity contribution in [2.45, 2.75) is 39.5 Å². The Hall–Kier alpha value is -0.500. The summed E-state index contributed by atoms with van der Waals surface area (Å²) in [7, 11) is 1.00. The standard InChI is InChI=1S/C6H12.C3H6O.CH4O/c1-6-4-2-3-5-6;1-3(2)4;1-2/h6H,2-5H2,1H3;4H,1H2,2H3;2H,1H3. The molecule has 1 aliphatic carbocycles. The molecule has 0 radical (unpaired) electrons. The number of rotatable bonds is 0. The fourth-order valence-corrected chi connectivity index (χ4v) is 1.13. The summed E-state index contributed by atoms with van der Waals surface area (Å²) in [6, 6.07) is 0. The lowest BCUT2D eigenvalue weighted by Gasteiger charge is -1.91. The van der Waals surface area contributed by atoms with Gasteiger partial charge in [-0.05, 0) is 12.8 Å². The molecule has 0 bridgehead atoms. The van der Waals surface area contributed by atoms with Crippen molar-refractivity contribution in [3.8, 4) is 0 Å². The SMILES string of the molecule is C=C(C)O.CC1CCCC1.CO. The van der Waals surface area contributed by atoms with Crippen molar-refractivity contribution in [1.29, 1.82) is 0 Å². The van der Waals surface area contributed by atoms with Gasteiger partial charge in [0.15, 0.2) is 0 Å². The minimum Gasteiger partial charge on any atom is -0.513 e. The first-order valence-electron chi connectivity index (χ1n) is 4.42. The van der Waals surface area contributed by atoms with Gasteiger partial charge >= 0.3 is 0 Å². The Balaban J connectivity index is 0. The van der Waals surface area contributed by atoms with E-state index >= 15 is 0 Å². The number of aliphatic hydroxyl groups excluding tert-OH is 2. The fraction of sp³-hybridized carbons (Fsp3) is 0.800. The molecule has 2 nitrogen and oxygen atoms in total. The van der Waals surface area contributed by atoms with Crippen molar-refractivity contribution in [1.82, 2.24) is 0 Å². The van der Waals surface area contributed by atoms with Crippen LogP contribution >= 0.6 is 0 Å².